The van der Waals surface area contributed by atoms with E-state index in [0.717, 1.165) is 63.5 Å². The third-order valence-corrected chi connectivity index (χ3v) is 6.37. The fourth-order valence-electron chi connectivity index (χ4n) is 4.46. The molecule has 4 rings (SSSR count). The second-order valence-corrected chi connectivity index (χ2v) is 8.13. The summed E-state index contributed by atoms with van der Waals surface area (Å²) in [6, 6.07) is 16.0. The third kappa shape index (κ3) is 4.36. The standard InChI is InChI=1S/C23H28ClN3O2/c1-29-22-11-5-4-10-21(22)26-15-13-25(14-16-26)18-7-6-12-27(17-18)23(28)19-8-2-3-9-20(19)24/h2-5,8-11,18H,6-7,12-17H2,1H3/t18-/m0/s1. The molecule has 154 valence electrons. The molecule has 0 bridgehead atoms. The Labute approximate surface area is 177 Å². The summed E-state index contributed by atoms with van der Waals surface area (Å²) in [5.74, 6) is 0.975. The van der Waals surface area contributed by atoms with Crippen molar-refractivity contribution < 1.29 is 9.53 Å². The number of hydrogen-bond donors (Lipinski definition) is 0. The molecule has 2 saturated heterocycles. The third-order valence-electron chi connectivity index (χ3n) is 6.04. The molecule has 2 aromatic carbocycles. The van der Waals surface area contributed by atoms with Crippen LogP contribution in [-0.4, -0.2) is 68.1 Å². The van der Waals surface area contributed by atoms with Gasteiger partial charge in [-0.25, -0.2) is 0 Å². The molecular weight excluding hydrogens is 386 g/mol. The van der Waals surface area contributed by atoms with Crippen LogP contribution in [0.5, 0.6) is 5.75 Å². The summed E-state index contributed by atoms with van der Waals surface area (Å²) in [5.41, 5.74) is 1.77. The number of rotatable bonds is 4. The summed E-state index contributed by atoms with van der Waals surface area (Å²) in [6.45, 7) is 5.51. The molecule has 1 atom stereocenters. The largest absolute Gasteiger partial charge is 0.495 e. The van der Waals surface area contributed by atoms with Crippen LogP contribution in [0.3, 0.4) is 0 Å². The highest BCUT2D eigenvalue weighted by molar-refractivity contribution is 6.33. The predicted octanol–water partition coefficient (Wildman–Crippen LogP) is 3.78. The number of piperidine rings is 1. The fourth-order valence-corrected chi connectivity index (χ4v) is 4.68. The molecule has 2 aliphatic heterocycles. The highest BCUT2D eigenvalue weighted by Crippen LogP contribution is 2.29. The van der Waals surface area contributed by atoms with E-state index in [9.17, 15) is 4.79 Å². The van der Waals surface area contributed by atoms with Gasteiger partial charge in [0.25, 0.3) is 5.91 Å². The lowest BCUT2D eigenvalue weighted by molar-refractivity contribution is 0.0563. The normalized spacial score (nSPS) is 20.6. The van der Waals surface area contributed by atoms with Crippen LogP contribution in [0.1, 0.15) is 23.2 Å². The minimum atomic E-state index is 0.0490. The molecule has 2 aromatic rings. The van der Waals surface area contributed by atoms with Gasteiger partial charge >= 0.3 is 0 Å². The van der Waals surface area contributed by atoms with Gasteiger partial charge in [-0.15, -0.1) is 0 Å². The van der Waals surface area contributed by atoms with Gasteiger partial charge in [0.2, 0.25) is 0 Å². The van der Waals surface area contributed by atoms with Gasteiger partial charge in [0, 0.05) is 45.3 Å². The first kappa shape index (κ1) is 20.0. The van der Waals surface area contributed by atoms with Gasteiger partial charge in [-0.2, -0.15) is 0 Å². The summed E-state index contributed by atoms with van der Waals surface area (Å²) < 4.78 is 5.52. The van der Waals surface area contributed by atoms with Gasteiger partial charge in [0.15, 0.2) is 0 Å². The van der Waals surface area contributed by atoms with Crippen molar-refractivity contribution in [2.24, 2.45) is 0 Å². The molecule has 5 nitrogen and oxygen atoms in total. The number of ether oxygens (including phenoxy) is 1. The van der Waals surface area contributed by atoms with Crippen LogP contribution < -0.4 is 9.64 Å². The summed E-state index contributed by atoms with van der Waals surface area (Å²) >= 11 is 6.25. The highest BCUT2D eigenvalue weighted by Gasteiger charge is 2.31. The van der Waals surface area contributed by atoms with Crippen molar-refractivity contribution >= 4 is 23.2 Å². The van der Waals surface area contributed by atoms with E-state index in [2.05, 4.69) is 21.9 Å². The number of benzene rings is 2. The summed E-state index contributed by atoms with van der Waals surface area (Å²) in [7, 11) is 1.72. The van der Waals surface area contributed by atoms with Gasteiger partial charge in [-0.3, -0.25) is 9.69 Å². The van der Waals surface area contributed by atoms with Gasteiger partial charge in [0.1, 0.15) is 5.75 Å². The average Bonchev–Trinajstić information content (AvgIpc) is 2.79. The van der Waals surface area contributed by atoms with Crippen LogP contribution in [0, 0.1) is 0 Å². The van der Waals surface area contributed by atoms with E-state index in [-0.39, 0.29) is 5.91 Å². The van der Waals surface area contributed by atoms with Gasteiger partial charge in [-0.05, 0) is 37.1 Å². The molecule has 0 unspecified atom stereocenters. The van der Waals surface area contributed by atoms with Crippen molar-refractivity contribution in [1.29, 1.82) is 0 Å². The van der Waals surface area contributed by atoms with Crippen LogP contribution in [0.25, 0.3) is 0 Å². The minimum absolute atomic E-state index is 0.0490. The number of methoxy groups -OCH3 is 1. The van der Waals surface area contributed by atoms with Gasteiger partial charge in [0.05, 0.1) is 23.4 Å². The minimum Gasteiger partial charge on any atom is -0.495 e. The van der Waals surface area contributed by atoms with Crippen LogP contribution in [0.4, 0.5) is 5.69 Å². The smallest absolute Gasteiger partial charge is 0.255 e. The van der Waals surface area contributed by atoms with Crippen LogP contribution in [0.15, 0.2) is 48.5 Å². The maximum Gasteiger partial charge on any atom is 0.255 e. The molecule has 0 spiro atoms. The van der Waals surface area contributed by atoms with Crippen molar-refractivity contribution in [3.63, 3.8) is 0 Å². The number of amides is 1. The van der Waals surface area contributed by atoms with Gasteiger partial charge < -0.3 is 14.5 Å². The van der Waals surface area contributed by atoms with Crippen molar-refractivity contribution in [2.75, 3.05) is 51.3 Å². The number of carbonyl (C=O) groups excluding carboxylic acids is 1. The van der Waals surface area contributed by atoms with Gasteiger partial charge in [-0.1, -0.05) is 35.9 Å². The van der Waals surface area contributed by atoms with E-state index in [4.69, 9.17) is 16.3 Å². The number of likely N-dealkylation sites (tertiary alicyclic amines) is 1. The number of anilines is 1. The highest BCUT2D eigenvalue weighted by atomic mass is 35.5. The molecule has 1 amide bonds. The van der Waals surface area contributed by atoms with E-state index >= 15 is 0 Å². The molecule has 2 fully saturated rings. The number of halogens is 1. The molecule has 29 heavy (non-hydrogen) atoms. The van der Waals surface area contributed by atoms with E-state index in [1.165, 1.54) is 0 Å². The van der Waals surface area contributed by atoms with Crippen LogP contribution in [-0.2, 0) is 0 Å². The summed E-state index contributed by atoms with van der Waals surface area (Å²) in [5, 5.41) is 0.532. The first-order valence-corrected chi connectivity index (χ1v) is 10.7. The lowest BCUT2D eigenvalue weighted by Gasteiger charge is -2.44. The zero-order valence-electron chi connectivity index (χ0n) is 16.9. The molecule has 0 aliphatic carbocycles. The lowest BCUT2D eigenvalue weighted by atomic mass is 10.0. The molecular formula is C23H28ClN3O2. The Morgan fingerprint density at radius 2 is 1.72 bits per heavy atom. The zero-order valence-corrected chi connectivity index (χ0v) is 17.6. The Morgan fingerprint density at radius 1 is 1.00 bits per heavy atom. The Morgan fingerprint density at radius 3 is 2.48 bits per heavy atom. The fraction of sp³-hybridized carbons (Fsp3) is 0.435. The van der Waals surface area contributed by atoms with E-state index < -0.39 is 0 Å². The SMILES string of the molecule is COc1ccccc1N1CCN([C@H]2CCCN(C(=O)c3ccccc3Cl)C2)CC1. The summed E-state index contributed by atoms with van der Waals surface area (Å²) in [4.78, 5) is 19.9. The van der Waals surface area contributed by atoms with E-state index in [1.54, 1.807) is 13.2 Å². The summed E-state index contributed by atoms with van der Waals surface area (Å²) in [6.07, 6.45) is 2.18. The molecule has 2 heterocycles. The molecule has 0 aromatic heterocycles. The average molecular weight is 414 g/mol. The number of carbonyl (C=O) groups is 1. The number of piperazine rings is 1. The van der Waals surface area contributed by atoms with Crippen molar-refractivity contribution in [3.05, 3.63) is 59.1 Å². The Bertz CT molecular complexity index is 852. The number of para-hydroxylation sites is 2. The Hall–Kier alpha value is -2.24. The molecule has 2 aliphatic rings. The monoisotopic (exact) mass is 413 g/mol. The second kappa shape index (κ2) is 9.06. The predicted molar refractivity (Wildman–Crippen MR) is 117 cm³/mol. The first-order valence-electron chi connectivity index (χ1n) is 10.3. The first-order chi connectivity index (χ1) is 14.2. The lowest BCUT2D eigenvalue weighted by Crippen LogP contribution is -2.56. The number of nitrogens with zero attached hydrogens (tertiary/aromatic N) is 3. The molecule has 0 radical (unpaired) electrons. The quantitative estimate of drug-likeness (QED) is 0.764. The second-order valence-electron chi connectivity index (χ2n) is 7.72. The topological polar surface area (TPSA) is 36.0 Å². The van der Waals surface area contributed by atoms with E-state index in [1.807, 2.05) is 35.2 Å². The maximum absolute atomic E-state index is 13.0. The van der Waals surface area contributed by atoms with Crippen LogP contribution in [0.2, 0.25) is 5.02 Å². The Kier molecular flexibility index (Phi) is 6.26. The number of hydrogen-bond acceptors (Lipinski definition) is 4. The van der Waals surface area contributed by atoms with E-state index in [0.29, 0.717) is 16.6 Å². The molecule has 0 N–H and O–H groups in total. The molecule has 0 saturated carbocycles. The zero-order chi connectivity index (χ0) is 20.2. The van der Waals surface area contributed by atoms with Crippen molar-refractivity contribution in [1.82, 2.24) is 9.80 Å². The Balaban J connectivity index is 1.38. The van der Waals surface area contributed by atoms with Crippen molar-refractivity contribution in [2.45, 2.75) is 18.9 Å². The maximum atomic E-state index is 13.0. The van der Waals surface area contributed by atoms with Crippen LogP contribution >= 0.6 is 11.6 Å². The van der Waals surface area contributed by atoms with Crippen molar-refractivity contribution in [3.8, 4) is 5.75 Å². The molecule has 6 heteroatoms.